The number of likely N-dealkylation sites (tertiary alicyclic amines) is 1. The van der Waals surface area contributed by atoms with Crippen LogP contribution < -0.4 is 5.73 Å². The molecule has 0 saturated carbocycles. The lowest BCUT2D eigenvalue weighted by Gasteiger charge is -2.23. The van der Waals surface area contributed by atoms with E-state index in [1.807, 2.05) is 25.1 Å². The summed E-state index contributed by atoms with van der Waals surface area (Å²) in [6.45, 7) is 4.41. The zero-order chi connectivity index (χ0) is 13.9. The normalized spacial score (nSPS) is 24.9. The second-order valence-electron chi connectivity index (χ2n) is 5.65. The second-order valence-corrected chi connectivity index (χ2v) is 5.65. The van der Waals surface area contributed by atoms with Gasteiger partial charge in [-0.15, -0.1) is 0 Å². The molecule has 0 bridgehead atoms. The molecular weight excluding hydrogens is 240 g/mol. The van der Waals surface area contributed by atoms with Gasteiger partial charge in [-0.05, 0) is 44.4 Å². The summed E-state index contributed by atoms with van der Waals surface area (Å²) in [6, 6.07) is 7.47. The van der Waals surface area contributed by atoms with E-state index in [0.29, 0.717) is 5.56 Å². The first kappa shape index (κ1) is 14.0. The van der Waals surface area contributed by atoms with Crippen molar-refractivity contribution >= 4 is 5.91 Å². The minimum absolute atomic E-state index is 0.377. The molecule has 1 heterocycles. The van der Waals surface area contributed by atoms with Crippen LogP contribution in [0, 0.1) is 0 Å². The van der Waals surface area contributed by atoms with Gasteiger partial charge in [0.2, 0.25) is 5.91 Å². The molecule has 1 saturated heterocycles. The van der Waals surface area contributed by atoms with Crippen LogP contribution in [0.25, 0.3) is 0 Å². The van der Waals surface area contributed by atoms with Crippen LogP contribution in [0.5, 0.6) is 0 Å². The third-order valence-corrected chi connectivity index (χ3v) is 3.83. The second kappa shape index (κ2) is 5.72. The highest BCUT2D eigenvalue weighted by atomic mass is 16.3. The van der Waals surface area contributed by atoms with Crippen LogP contribution in [0.2, 0.25) is 0 Å². The van der Waals surface area contributed by atoms with Crippen LogP contribution in [0.3, 0.4) is 0 Å². The first-order chi connectivity index (χ1) is 8.98. The van der Waals surface area contributed by atoms with Gasteiger partial charge in [0.05, 0.1) is 5.60 Å². The van der Waals surface area contributed by atoms with E-state index in [4.69, 9.17) is 5.73 Å². The molecule has 0 aliphatic carbocycles. The highest BCUT2D eigenvalue weighted by Crippen LogP contribution is 2.23. The van der Waals surface area contributed by atoms with E-state index < -0.39 is 5.60 Å². The van der Waals surface area contributed by atoms with E-state index in [-0.39, 0.29) is 5.91 Å². The van der Waals surface area contributed by atoms with E-state index in [0.717, 1.165) is 44.5 Å². The number of aliphatic hydroxyl groups is 1. The van der Waals surface area contributed by atoms with Crippen LogP contribution in [0.4, 0.5) is 0 Å². The zero-order valence-electron chi connectivity index (χ0n) is 11.4. The minimum atomic E-state index is -0.558. The maximum atomic E-state index is 11.4. The average Bonchev–Trinajstić information content (AvgIpc) is 2.51. The molecule has 1 atom stereocenters. The van der Waals surface area contributed by atoms with Crippen molar-refractivity contribution in [2.24, 2.45) is 5.73 Å². The van der Waals surface area contributed by atoms with Gasteiger partial charge in [0.15, 0.2) is 0 Å². The van der Waals surface area contributed by atoms with Crippen molar-refractivity contribution in [1.29, 1.82) is 0 Å². The number of rotatable bonds is 3. The third kappa shape index (κ3) is 3.78. The Hall–Kier alpha value is -1.39. The number of carbonyl (C=O) groups is 1. The number of primary amides is 1. The number of amides is 1. The van der Waals surface area contributed by atoms with Crippen LogP contribution in [0.1, 0.15) is 42.1 Å². The average molecular weight is 262 g/mol. The summed E-state index contributed by atoms with van der Waals surface area (Å²) in [5.74, 6) is -0.377. The predicted octanol–water partition coefficient (Wildman–Crippen LogP) is 1.52. The molecule has 19 heavy (non-hydrogen) atoms. The first-order valence-electron chi connectivity index (χ1n) is 6.80. The summed E-state index contributed by atoms with van der Waals surface area (Å²) in [5.41, 5.74) is 6.40. The molecule has 2 rings (SSSR count). The van der Waals surface area contributed by atoms with E-state index in [1.165, 1.54) is 0 Å². The highest BCUT2D eigenvalue weighted by Gasteiger charge is 2.25. The Balaban J connectivity index is 2.07. The number of nitrogens with zero attached hydrogens (tertiary/aromatic N) is 1. The van der Waals surface area contributed by atoms with Gasteiger partial charge in [-0.25, -0.2) is 0 Å². The van der Waals surface area contributed by atoms with Crippen LogP contribution in [-0.2, 0) is 6.54 Å². The van der Waals surface area contributed by atoms with E-state index >= 15 is 0 Å². The number of nitrogens with two attached hydrogens (primary N) is 1. The van der Waals surface area contributed by atoms with Crippen LogP contribution >= 0.6 is 0 Å². The predicted molar refractivity (Wildman–Crippen MR) is 74.7 cm³/mol. The Labute approximate surface area is 114 Å². The summed E-state index contributed by atoms with van der Waals surface area (Å²) >= 11 is 0. The van der Waals surface area contributed by atoms with Crippen molar-refractivity contribution in [3.05, 3.63) is 35.4 Å². The number of hydrogen-bond acceptors (Lipinski definition) is 3. The van der Waals surface area contributed by atoms with Gasteiger partial charge in [0.25, 0.3) is 0 Å². The molecule has 1 fully saturated rings. The monoisotopic (exact) mass is 262 g/mol. The molecule has 0 aromatic heterocycles. The van der Waals surface area contributed by atoms with E-state index in [1.54, 1.807) is 6.07 Å². The van der Waals surface area contributed by atoms with Gasteiger partial charge >= 0.3 is 0 Å². The van der Waals surface area contributed by atoms with Gasteiger partial charge in [-0.1, -0.05) is 18.2 Å². The topological polar surface area (TPSA) is 66.6 Å². The number of hydrogen-bond donors (Lipinski definition) is 2. The van der Waals surface area contributed by atoms with E-state index in [9.17, 15) is 9.90 Å². The van der Waals surface area contributed by atoms with Gasteiger partial charge in [0.1, 0.15) is 0 Å². The summed E-state index contributed by atoms with van der Waals surface area (Å²) in [5, 5.41) is 10.1. The van der Waals surface area contributed by atoms with Crippen LogP contribution in [0.15, 0.2) is 24.3 Å². The minimum Gasteiger partial charge on any atom is -0.390 e. The summed E-state index contributed by atoms with van der Waals surface area (Å²) in [4.78, 5) is 13.7. The molecule has 1 aliphatic rings. The Morgan fingerprint density at radius 1 is 1.37 bits per heavy atom. The van der Waals surface area contributed by atoms with Crippen molar-refractivity contribution in [2.75, 3.05) is 13.1 Å². The molecule has 4 heteroatoms. The number of benzene rings is 1. The molecule has 1 aromatic rings. The fraction of sp³-hybridized carbons (Fsp3) is 0.533. The quantitative estimate of drug-likeness (QED) is 0.868. The molecule has 4 nitrogen and oxygen atoms in total. The van der Waals surface area contributed by atoms with Crippen molar-refractivity contribution in [3.63, 3.8) is 0 Å². The maximum absolute atomic E-state index is 11.4. The third-order valence-electron chi connectivity index (χ3n) is 3.83. The fourth-order valence-electron chi connectivity index (χ4n) is 2.62. The van der Waals surface area contributed by atoms with Crippen molar-refractivity contribution < 1.29 is 9.90 Å². The molecule has 1 aliphatic heterocycles. The lowest BCUT2D eigenvalue weighted by molar-refractivity contribution is 0.0444. The van der Waals surface area contributed by atoms with Gasteiger partial charge in [-0.3, -0.25) is 9.69 Å². The summed E-state index contributed by atoms with van der Waals surface area (Å²) in [6.07, 6.45) is 2.58. The maximum Gasteiger partial charge on any atom is 0.249 e. The Morgan fingerprint density at radius 3 is 2.84 bits per heavy atom. The molecule has 1 amide bonds. The summed E-state index contributed by atoms with van der Waals surface area (Å²) in [7, 11) is 0. The molecule has 104 valence electrons. The number of carbonyl (C=O) groups excluding carboxylic acids is 1. The zero-order valence-corrected chi connectivity index (χ0v) is 11.4. The highest BCUT2D eigenvalue weighted by molar-refractivity contribution is 5.94. The lowest BCUT2D eigenvalue weighted by Crippen LogP contribution is -2.29. The van der Waals surface area contributed by atoms with E-state index in [2.05, 4.69) is 4.90 Å². The van der Waals surface area contributed by atoms with Crippen LogP contribution in [-0.4, -0.2) is 34.6 Å². The van der Waals surface area contributed by atoms with Gasteiger partial charge in [0, 0.05) is 18.7 Å². The Kier molecular flexibility index (Phi) is 4.22. The standard InChI is InChI=1S/C15H22N2O2/c1-15(19)7-4-9-17(10-8-15)11-12-5-2-3-6-13(12)14(16)18/h2-3,5-6,19H,4,7-11H2,1H3,(H2,16,18). The molecule has 1 aromatic carbocycles. The molecular formula is C15H22N2O2. The van der Waals surface area contributed by atoms with Gasteiger partial charge < -0.3 is 10.8 Å². The fourth-order valence-corrected chi connectivity index (χ4v) is 2.62. The Morgan fingerprint density at radius 2 is 2.11 bits per heavy atom. The smallest absolute Gasteiger partial charge is 0.249 e. The van der Waals surface area contributed by atoms with Crippen molar-refractivity contribution in [1.82, 2.24) is 4.90 Å². The first-order valence-corrected chi connectivity index (χ1v) is 6.80. The van der Waals surface area contributed by atoms with Gasteiger partial charge in [-0.2, -0.15) is 0 Å². The molecule has 0 radical (unpaired) electrons. The molecule has 1 unspecified atom stereocenters. The van der Waals surface area contributed by atoms with Crippen molar-refractivity contribution in [2.45, 2.75) is 38.3 Å². The Bertz CT molecular complexity index is 457. The molecule has 3 N–H and O–H groups in total. The lowest BCUT2D eigenvalue weighted by atomic mass is 9.98. The largest absolute Gasteiger partial charge is 0.390 e. The SMILES string of the molecule is CC1(O)CCCN(Cc2ccccc2C(N)=O)CC1. The summed E-state index contributed by atoms with van der Waals surface area (Å²) < 4.78 is 0. The molecule has 0 spiro atoms. The van der Waals surface area contributed by atoms with Crippen molar-refractivity contribution in [3.8, 4) is 0 Å².